The Morgan fingerprint density at radius 3 is 2.27 bits per heavy atom. The number of carbonyl (C=O) groups is 2. The third-order valence-electron chi connectivity index (χ3n) is 2.67. The SMILES string of the molecule is CC(=O)NC(=Cc1ccccc1)C(=O)Oc1ccc(Cl)cc1. The lowest BCUT2D eigenvalue weighted by Gasteiger charge is -2.09. The van der Waals surface area contributed by atoms with Crippen LogP contribution in [0, 0.1) is 0 Å². The zero-order valence-corrected chi connectivity index (χ0v) is 12.6. The van der Waals surface area contributed by atoms with Crippen molar-refractivity contribution in [3.8, 4) is 5.75 Å². The Hall–Kier alpha value is -2.59. The summed E-state index contributed by atoms with van der Waals surface area (Å²) in [6.07, 6.45) is 1.56. The van der Waals surface area contributed by atoms with Crippen LogP contribution < -0.4 is 10.1 Å². The van der Waals surface area contributed by atoms with Crippen LogP contribution in [-0.2, 0) is 9.59 Å². The maximum absolute atomic E-state index is 12.2. The summed E-state index contributed by atoms with van der Waals surface area (Å²) in [6.45, 7) is 1.33. The van der Waals surface area contributed by atoms with Crippen molar-refractivity contribution in [2.75, 3.05) is 0 Å². The monoisotopic (exact) mass is 315 g/mol. The van der Waals surface area contributed by atoms with E-state index in [0.29, 0.717) is 10.8 Å². The van der Waals surface area contributed by atoms with Gasteiger partial charge in [0.2, 0.25) is 5.91 Å². The minimum atomic E-state index is -0.652. The van der Waals surface area contributed by atoms with Crippen molar-refractivity contribution in [3.05, 3.63) is 70.9 Å². The van der Waals surface area contributed by atoms with Crippen LogP contribution in [0.5, 0.6) is 5.75 Å². The smallest absolute Gasteiger partial charge is 0.360 e. The molecule has 0 fully saturated rings. The summed E-state index contributed by atoms with van der Waals surface area (Å²) < 4.78 is 5.22. The van der Waals surface area contributed by atoms with E-state index in [2.05, 4.69) is 5.32 Å². The number of benzene rings is 2. The number of rotatable bonds is 4. The van der Waals surface area contributed by atoms with Crippen molar-refractivity contribution in [1.82, 2.24) is 5.32 Å². The maximum atomic E-state index is 12.2. The van der Waals surface area contributed by atoms with Crippen LogP contribution in [0.15, 0.2) is 60.3 Å². The van der Waals surface area contributed by atoms with Gasteiger partial charge in [0.1, 0.15) is 11.4 Å². The first-order valence-electron chi connectivity index (χ1n) is 6.56. The molecule has 0 radical (unpaired) electrons. The van der Waals surface area contributed by atoms with Gasteiger partial charge in [-0.2, -0.15) is 0 Å². The molecule has 0 spiro atoms. The molecule has 4 nitrogen and oxygen atoms in total. The Bertz CT molecular complexity index is 694. The second-order valence-corrected chi connectivity index (χ2v) is 4.93. The van der Waals surface area contributed by atoms with Gasteiger partial charge in [0.25, 0.3) is 0 Å². The standard InChI is InChI=1S/C17H14ClNO3/c1-12(20)19-16(11-13-5-3-2-4-6-13)17(21)22-15-9-7-14(18)8-10-15/h2-11H,1H3,(H,19,20). The fourth-order valence-electron chi connectivity index (χ4n) is 1.72. The minimum Gasteiger partial charge on any atom is -0.422 e. The normalized spacial score (nSPS) is 10.9. The van der Waals surface area contributed by atoms with Crippen LogP contribution >= 0.6 is 11.6 Å². The average molecular weight is 316 g/mol. The van der Waals surface area contributed by atoms with Gasteiger partial charge in [-0.3, -0.25) is 4.79 Å². The molecular weight excluding hydrogens is 302 g/mol. The molecule has 0 aliphatic heterocycles. The predicted molar refractivity (Wildman–Crippen MR) is 85.3 cm³/mol. The van der Waals surface area contributed by atoms with E-state index in [1.165, 1.54) is 6.92 Å². The highest BCUT2D eigenvalue weighted by Crippen LogP contribution is 2.17. The van der Waals surface area contributed by atoms with Crippen molar-refractivity contribution in [1.29, 1.82) is 0 Å². The van der Waals surface area contributed by atoms with Crippen molar-refractivity contribution in [2.24, 2.45) is 0 Å². The first kappa shape index (κ1) is 15.8. The number of ether oxygens (including phenoxy) is 1. The van der Waals surface area contributed by atoms with E-state index < -0.39 is 5.97 Å². The molecule has 2 rings (SSSR count). The zero-order chi connectivity index (χ0) is 15.9. The molecule has 5 heteroatoms. The topological polar surface area (TPSA) is 55.4 Å². The predicted octanol–water partition coefficient (Wildman–Crippen LogP) is 3.42. The molecule has 0 aliphatic carbocycles. The Morgan fingerprint density at radius 2 is 1.68 bits per heavy atom. The van der Waals surface area contributed by atoms with Gasteiger partial charge < -0.3 is 10.1 Å². The second kappa shape index (κ2) is 7.43. The van der Waals surface area contributed by atoms with Gasteiger partial charge in [-0.15, -0.1) is 0 Å². The second-order valence-electron chi connectivity index (χ2n) is 4.49. The molecule has 0 aliphatic rings. The molecule has 0 aromatic heterocycles. The third-order valence-corrected chi connectivity index (χ3v) is 2.92. The third kappa shape index (κ3) is 4.75. The zero-order valence-electron chi connectivity index (χ0n) is 11.9. The van der Waals surface area contributed by atoms with E-state index in [1.807, 2.05) is 30.3 Å². The molecule has 0 saturated carbocycles. The van der Waals surface area contributed by atoms with Crippen molar-refractivity contribution < 1.29 is 14.3 Å². The summed E-state index contributed by atoms with van der Waals surface area (Å²) >= 11 is 5.78. The van der Waals surface area contributed by atoms with Gasteiger partial charge in [0, 0.05) is 11.9 Å². The Balaban J connectivity index is 2.21. The Morgan fingerprint density at radius 1 is 1.05 bits per heavy atom. The van der Waals surface area contributed by atoms with Gasteiger partial charge in [0.15, 0.2) is 0 Å². The molecule has 0 atom stereocenters. The Labute approximate surface area is 133 Å². The molecule has 1 amide bonds. The van der Waals surface area contributed by atoms with Crippen molar-refractivity contribution in [2.45, 2.75) is 6.92 Å². The summed E-state index contributed by atoms with van der Waals surface area (Å²) in [5.41, 5.74) is 0.841. The quantitative estimate of drug-likeness (QED) is 0.534. The molecule has 0 unspecified atom stereocenters. The van der Waals surface area contributed by atoms with E-state index in [0.717, 1.165) is 5.56 Å². The number of carbonyl (C=O) groups excluding carboxylic acids is 2. The number of hydrogen-bond donors (Lipinski definition) is 1. The van der Waals surface area contributed by atoms with E-state index in [-0.39, 0.29) is 11.6 Å². The maximum Gasteiger partial charge on any atom is 0.360 e. The van der Waals surface area contributed by atoms with Gasteiger partial charge in [-0.25, -0.2) is 4.79 Å². The summed E-state index contributed by atoms with van der Waals surface area (Å²) in [5.74, 6) is -0.657. The fourth-order valence-corrected chi connectivity index (χ4v) is 1.84. The molecule has 0 bridgehead atoms. The lowest BCUT2D eigenvalue weighted by Crippen LogP contribution is -2.27. The number of nitrogens with one attached hydrogen (secondary N) is 1. The van der Waals surface area contributed by atoms with E-state index in [9.17, 15) is 9.59 Å². The van der Waals surface area contributed by atoms with Crippen LogP contribution in [-0.4, -0.2) is 11.9 Å². The number of hydrogen-bond acceptors (Lipinski definition) is 3. The number of amides is 1. The molecule has 0 saturated heterocycles. The van der Waals surface area contributed by atoms with Crippen LogP contribution in [0.2, 0.25) is 5.02 Å². The first-order valence-corrected chi connectivity index (χ1v) is 6.94. The summed E-state index contributed by atoms with van der Waals surface area (Å²) in [4.78, 5) is 23.5. The minimum absolute atomic E-state index is 0.0636. The van der Waals surface area contributed by atoms with E-state index in [1.54, 1.807) is 30.3 Å². The molecule has 1 N–H and O–H groups in total. The van der Waals surface area contributed by atoms with Gasteiger partial charge in [-0.05, 0) is 35.9 Å². The number of halogens is 1. The van der Waals surface area contributed by atoms with E-state index >= 15 is 0 Å². The highest BCUT2D eigenvalue weighted by molar-refractivity contribution is 6.30. The van der Waals surface area contributed by atoms with Crippen LogP contribution in [0.3, 0.4) is 0 Å². The van der Waals surface area contributed by atoms with E-state index in [4.69, 9.17) is 16.3 Å². The molecule has 2 aromatic rings. The lowest BCUT2D eigenvalue weighted by atomic mass is 10.2. The highest BCUT2D eigenvalue weighted by Gasteiger charge is 2.14. The number of esters is 1. The van der Waals surface area contributed by atoms with Crippen molar-refractivity contribution >= 4 is 29.6 Å². The van der Waals surface area contributed by atoms with Crippen LogP contribution in [0.4, 0.5) is 0 Å². The van der Waals surface area contributed by atoms with Gasteiger partial charge in [-0.1, -0.05) is 41.9 Å². The largest absolute Gasteiger partial charge is 0.422 e. The van der Waals surface area contributed by atoms with Gasteiger partial charge >= 0.3 is 5.97 Å². The lowest BCUT2D eigenvalue weighted by molar-refractivity contribution is -0.132. The summed E-state index contributed by atoms with van der Waals surface area (Å²) in [5, 5.41) is 3.02. The highest BCUT2D eigenvalue weighted by atomic mass is 35.5. The van der Waals surface area contributed by atoms with Gasteiger partial charge in [0.05, 0.1) is 0 Å². The van der Waals surface area contributed by atoms with Crippen molar-refractivity contribution in [3.63, 3.8) is 0 Å². The van der Waals surface area contributed by atoms with Crippen LogP contribution in [0.25, 0.3) is 6.08 Å². The average Bonchev–Trinajstić information content (AvgIpc) is 2.49. The molecule has 2 aromatic carbocycles. The summed E-state index contributed by atoms with van der Waals surface area (Å²) in [6, 6.07) is 15.5. The fraction of sp³-hybridized carbons (Fsp3) is 0.0588. The first-order chi connectivity index (χ1) is 10.5. The molecule has 112 valence electrons. The molecular formula is C17H14ClNO3. The molecule has 0 heterocycles. The summed E-state index contributed by atoms with van der Waals surface area (Å²) in [7, 11) is 0. The Kier molecular flexibility index (Phi) is 5.33. The van der Waals surface area contributed by atoms with Crippen LogP contribution in [0.1, 0.15) is 12.5 Å². The molecule has 22 heavy (non-hydrogen) atoms.